The van der Waals surface area contributed by atoms with Crippen molar-refractivity contribution in [2.45, 2.75) is 18.7 Å². The first-order chi connectivity index (χ1) is 9.29. The van der Waals surface area contributed by atoms with Gasteiger partial charge in [-0.15, -0.1) is 0 Å². The Hall–Kier alpha value is -1.53. The molecule has 0 radical (unpaired) electrons. The van der Waals surface area contributed by atoms with Crippen molar-refractivity contribution in [2.75, 3.05) is 4.72 Å². The number of aryl methyl sites for hydroxylation is 2. The van der Waals surface area contributed by atoms with Gasteiger partial charge in [0.25, 0.3) is 10.0 Å². The molecule has 0 saturated heterocycles. The van der Waals surface area contributed by atoms with Crippen LogP contribution in [-0.4, -0.2) is 13.5 Å². The summed E-state index contributed by atoms with van der Waals surface area (Å²) in [5, 5.41) is 9.37. The van der Waals surface area contributed by atoms with Crippen molar-refractivity contribution in [2.24, 2.45) is 0 Å². The maximum Gasteiger partial charge on any atom is 0.262 e. The first-order valence-electron chi connectivity index (χ1n) is 5.88. The molecule has 106 valence electrons. The van der Waals surface area contributed by atoms with Gasteiger partial charge in [0.1, 0.15) is 5.75 Å². The third kappa shape index (κ3) is 3.13. The number of phenolic OH excluding ortho intramolecular Hbond substituents is 1. The molecule has 20 heavy (non-hydrogen) atoms. The highest BCUT2D eigenvalue weighted by Gasteiger charge is 2.18. The van der Waals surface area contributed by atoms with Gasteiger partial charge in [0.2, 0.25) is 0 Å². The third-order valence-electron chi connectivity index (χ3n) is 2.84. The fraction of sp³-hybridized carbons (Fsp3) is 0.143. The number of benzene rings is 2. The van der Waals surface area contributed by atoms with E-state index >= 15 is 0 Å². The lowest BCUT2D eigenvalue weighted by molar-refractivity contribution is 0.475. The first kappa shape index (κ1) is 14.9. The van der Waals surface area contributed by atoms with Crippen LogP contribution in [0.3, 0.4) is 0 Å². The Balaban J connectivity index is 2.43. The number of halogens is 1. The normalized spacial score (nSPS) is 11.3. The third-order valence-corrected chi connectivity index (χ3v) is 5.22. The molecule has 0 heterocycles. The van der Waals surface area contributed by atoms with Crippen LogP contribution in [0, 0.1) is 13.8 Å². The smallest absolute Gasteiger partial charge is 0.262 e. The lowest BCUT2D eigenvalue weighted by Crippen LogP contribution is -2.14. The molecule has 2 aromatic carbocycles. The van der Waals surface area contributed by atoms with Crippen molar-refractivity contribution in [1.82, 2.24) is 0 Å². The van der Waals surface area contributed by atoms with Crippen LogP contribution >= 0.6 is 15.9 Å². The van der Waals surface area contributed by atoms with Crippen molar-refractivity contribution in [3.63, 3.8) is 0 Å². The van der Waals surface area contributed by atoms with Crippen LogP contribution in [0.15, 0.2) is 45.8 Å². The first-order valence-corrected chi connectivity index (χ1v) is 8.16. The molecule has 2 aromatic rings. The molecule has 2 N–H and O–H groups in total. The number of aromatic hydroxyl groups is 1. The van der Waals surface area contributed by atoms with Gasteiger partial charge in [-0.05, 0) is 49.2 Å². The van der Waals surface area contributed by atoms with Crippen molar-refractivity contribution in [1.29, 1.82) is 0 Å². The summed E-state index contributed by atoms with van der Waals surface area (Å²) in [7, 11) is -3.68. The highest BCUT2D eigenvalue weighted by Crippen LogP contribution is 2.26. The second-order valence-electron chi connectivity index (χ2n) is 4.52. The molecule has 0 saturated carbocycles. The van der Waals surface area contributed by atoms with Gasteiger partial charge >= 0.3 is 0 Å². The van der Waals surface area contributed by atoms with Crippen molar-refractivity contribution >= 4 is 31.6 Å². The van der Waals surface area contributed by atoms with Gasteiger partial charge in [-0.2, -0.15) is 0 Å². The van der Waals surface area contributed by atoms with Crippen LogP contribution in [-0.2, 0) is 10.0 Å². The van der Waals surface area contributed by atoms with Crippen LogP contribution in [0.1, 0.15) is 11.1 Å². The topological polar surface area (TPSA) is 66.4 Å². The van der Waals surface area contributed by atoms with Gasteiger partial charge in [0, 0.05) is 10.5 Å². The molecule has 0 aliphatic carbocycles. The molecule has 0 aliphatic rings. The highest BCUT2D eigenvalue weighted by molar-refractivity contribution is 9.10. The Morgan fingerprint density at radius 3 is 2.45 bits per heavy atom. The van der Waals surface area contributed by atoms with Crippen LogP contribution in [0.4, 0.5) is 5.69 Å². The number of nitrogens with one attached hydrogen (secondary N) is 1. The number of rotatable bonds is 3. The van der Waals surface area contributed by atoms with E-state index < -0.39 is 10.0 Å². The molecule has 0 aliphatic heterocycles. The fourth-order valence-corrected chi connectivity index (χ4v) is 3.64. The highest BCUT2D eigenvalue weighted by atomic mass is 79.9. The zero-order valence-corrected chi connectivity index (χ0v) is 13.4. The molecule has 0 unspecified atom stereocenters. The summed E-state index contributed by atoms with van der Waals surface area (Å²) in [5.74, 6) is 0.00825. The summed E-state index contributed by atoms with van der Waals surface area (Å²) in [6.45, 7) is 3.57. The largest absolute Gasteiger partial charge is 0.508 e. The van der Waals surface area contributed by atoms with Crippen molar-refractivity contribution < 1.29 is 13.5 Å². The predicted molar refractivity (Wildman–Crippen MR) is 82.5 cm³/mol. The molecule has 0 spiro atoms. The summed E-state index contributed by atoms with van der Waals surface area (Å²) in [6.07, 6.45) is 0. The van der Waals surface area contributed by atoms with Crippen LogP contribution in [0.2, 0.25) is 0 Å². The van der Waals surface area contributed by atoms with E-state index in [-0.39, 0.29) is 10.6 Å². The second-order valence-corrected chi connectivity index (χ2v) is 7.03. The molecular formula is C14H14BrNO3S. The maximum absolute atomic E-state index is 12.4. The van der Waals surface area contributed by atoms with Crippen LogP contribution in [0.25, 0.3) is 0 Å². The number of anilines is 1. The molecule has 0 atom stereocenters. The minimum atomic E-state index is -3.68. The van der Waals surface area contributed by atoms with E-state index in [1.54, 1.807) is 31.2 Å². The van der Waals surface area contributed by atoms with Crippen LogP contribution < -0.4 is 4.72 Å². The zero-order valence-electron chi connectivity index (χ0n) is 11.0. The van der Waals surface area contributed by atoms with E-state index in [0.717, 1.165) is 10.0 Å². The van der Waals surface area contributed by atoms with E-state index in [0.29, 0.717) is 11.3 Å². The lowest BCUT2D eigenvalue weighted by Gasteiger charge is -2.12. The summed E-state index contributed by atoms with van der Waals surface area (Å²) >= 11 is 3.38. The van der Waals surface area contributed by atoms with Crippen molar-refractivity contribution in [3.05, 3.63) is 52.0 Å². The van der Waals surface area contributed by atoms with E-state index in [1.807, 2.05) is 6.92 Å². The minimum absolute atomic E-state index is 0.00825. The summed E-state index contributed by atoms with van der Waals surface area (Å²) < 4.78 is 28.1. The molecular weight excluding hydrogens is 342 g/mol. The van der Waals surface area contributed by atoms with Gasteiger partial charge < -0.3 is 5.11 Å². The molecule has 0 fully saturated rings. The summed E-state index contributed by atoms with van der Waals surface area (Å²) in [6, 6.07) is 9.38. The lowest BCUT2D eigenvalue weighted by atomic mass is 10.2. The maximum atomic E-state index is 12.4. The number of hydrogen-bond acceptors (Lipinski definition) is 3. The predicted octanol–water partition coefficient (Wildman–Crippen LogP) is 3.57. The minimum Gasteiger partial charge on any atom is -0.508 e. The average Bonchev–Trinajstić information content (AvgIpc) is 2.33. The monoisotopic (exact) mass is 355 g/mol. The number of phenols is 1. The molecule has 4 nitrogen and oxygen atoms in total. The van der Waals surface area contributed by atoms with Crippen LogP contribution in [0.5, 0.6) is 5.75 Å². The van der Waals surface area contributed by atoms with E-state index in [9.17, 15) is 13.5 Å². The summed E-state index contributed by atoms with van der Waals surface area (Å²) in [4.78, 5) is 0.224. The zero-order chi connectivity index (χ0) is 14.9. The molecule has 0 amide bonds. The average molecular weight is 356 g/mol. The van der Waals surface area contributed by atoms with Crippen molar-refractivity contribution in [3.8, 4) is 5.75 Å². The Morgan fingerprint density at radius 1 is 1.10 bits per heavy atom. The van der Waals surface area contributed by atoms with E-state index in [2.05, 4.69) is 20.7 Å². The van der Waals surface area contributed by atoms with Gasteiger partial charge in [0.15, 0.2) is 0 Å². The second kappa shape index (κ2) is 5.46. The van der Waals surface area contributed by atoms with Gasteiger partial charge in [0.05, 0.1) is 10.6 Å². The SMILES string of the molecule is Cc1cc(S(=O)(=O)Nc2cccc(O)c2)c(C)cc1Br. The quantitative estimate of drug-likeness (QED) is 0.884. The van der Waals surface area contributed by atoms with Gasteiger partial charge in [-0.1, -0.05) is 22.0 Å². The Morgan fingerprint density at radius 2 is 1.80 bits per heavy atom. The molecule has 2 rings (SSSR count). The molecule has 0 aromatic heterocycles. The summed E-state index contributed by atoms with van der Waals surface area (Å²) in [5.41, 5.74) is 1.81. The standard InChI is InChI=1S/C14H14BrNO3S/c1-9-7-14(10(2)6-13(9)15)20(18,19)16-11-4-3-5-12(17)8-11/h3-8,16-17H,1-2H3. The number of sulfonamides is 1. The Labute approximate surface area is 126 Å². The number of hydrogen-bond donors (Lipinski definition) is 2. The Bertz CT molecular complexity index is 757. The van der Waals surface area contributed by atoms with Gasteiger partial charge in [-0.25, -0.2) is 8.42 Å². The fourth-order valence-electron chi connectivity index (χ4n) is 1.82. The Kier molecular flexibility index (Phi) is 4.06. The molecule has 6 heteroatoms. The molecule has 0 bridgehead atoms. The van der Waals surface area contributed by atoms with Gasteiger partial charge in [-0.3, -0.25) is 4.72 Å². The van der Waals surface area contributed by atoms with E-state index in [1.165, 1.54) is 12.1 Å². The van der Waals surface area contributed by atoms with E-state index in [4.69, 9.17) is 0 Å².